The molecule has 0 spiro atoms. The van der Waals surface area contributed by atoms with Crippen LogP contribution in [0.5, 0.6) is 5.75 Å². The minimum Gasteiger partial charge on any atom is -0.423 e. The van der Waals surface area contributed by atoms with Gasteiger partial charge in [-0.25, -0.2) is 4.79 Å². The molecule has 0 radical (unpaired) electrons. The third-order valence-electron chi connectivity index (χ3n) is 3.09. The van der Waals surface area contributed by atoms with Crippen molar-refractivity contribution in [3.63, 3.8) is 0 Å². The largest absolute Gasteiger partial charge is 0.423 e. The van der Waals surface area contributed by atoms with Gasteiger partial charge in [0.05, 0.1) is 10.5 Å². The van der Waals surface area contributed by atoms with Crippen molar-refractivity contribution in [2.24, 2.45) is 0 Å². The Morgan fingerprint density at radius 2 is 1.96 bits per heavy atom. The van der Waals surface area contributed by atoms with Gasteiger partial charge in [0.25, 0.3) is 5.91 Å². The van der Waals surface area contributed by atoms with Gasteiger partial charge < -0.3 is 10.1 Å². The summed E-state index contributed by atoms with van der Waals surface area (Å²) in [4.78, 5) is 24.3. The molecule has 1 aliphatic heterocycles. The second kappa shape index (κ2) is 7.17. The molecule has 0 aliphatic carbocycles. The quantitative estimate of drug-likeness (QED) is 0.379. The van der Waals surface area contributed by atoms with Crippen molar-refractivity contribution < 1.29 is 14.3 Å². The number of rotatable bonds is 3. The molecule has 7 heteroatoms. The Balaban J connectivity index is 1.77. The summed E-state index contributed by atoms with van der Waals surface area (Å²) >= 11 is 11.9. The van der Waals surface area contributed by atoms with E-state index in [9.17, 15) is 9.59 Å². The van der Waals surface area contributed by atoms with Crippen LogP contribution in [0.1, 0.15) is 15.9 Å². The number of hydrogen-bond acceptors (Lipinski definition) is 5. The van der Waals surface area contributed by atoms with Crippen LogP contribution < -0.4 is 10.1 Å². The molecule has 3 rings (SSSR count). The smallest absolute Gasteiger partial charge is 0.343 e. The lowest BCUT2D eigenvalue weighted by atomic mass is 10.2. The molecule has 0 bridgehead atoms. The number of hydrogen-bond donors (Lipinski definition) is 1. The van der Waals surface area contributed by atoms with Crippen molar-refractivity contribution in [1.29, 1.82) is 0 Å². The maximum atomic E-state index is 12.1. The van der Waals surface area contributed by atoms with Crippen molar-refractivity contribution in [3.05, 3.63) is 69.6 Å². The molecule has 120 valence electrons. The summed E-state index contributed by atoms with van der Waals surface area (Å²) in [6.07, 6.45) is 1.69. The van der Waals surface area contributed by atoms with Gasteiger partial charge in [-0.05, 0) is 48.0 Å². The minimum atomic E-state index is -0.481. The van der Waals surface area contributed by atoms with Crippen molar-refractivity contribution in [3.8, 4) is 5.75 Å². The van der Waals surface area contributed by atoms with Crippen LogP contribution in [0, 0.1) is 0 Å². The van der Waals surface area contributed by atoms with Gasteiger partial charge in [0.15, 0.2) is 0 Å². The van der Waals surface area contributed by atoms with Crippen molar-refractivity contribution in [1.82, 2.24) is 5.32 Å². The fourth-order valence-electron chi connectivity index (χ4n) is 1.99. The third-order valence-corrected chi connectivity index (χ3v) is 4.50. The van der Waals surface area contributed by atoms with Gasteiger partial charge in [0.1, 0.15) is 10.1 Å². The zero-order chi connectivity index (χ0) is 17.1. The highest BCUT2D eigenvalue weighted by atomic mass is 35.5. The number of thiocarbonyl (C=S) groups is 1. The summed E-state index contributed by atoms with van der Waals surface area (Å²) in [5.41, 5.74) is 1.14. The SMILES string of the molecule is O=C1NC(=S)S/C1=C\c1cccc(OC(=O)c2ccc(Cl)cc2)c1. The van der Waals surface area contributed by atoms with E-state index in [1.54, 1.807) is 48.5 Å². The highest BCUT2D eigenvalue weighted by Gasteiger charge is 2.21. The predicted molar refractivity (Wildman–Crippen MR) is 99.2 cm³/mol. The molecule has 0 unspecified atom stereocenters. The molecular weight excluding hydrogens is 366 g/mol. The Morgan fingerprint density at radius 1 is 1.21 bits per heavy atom. The standard InChI is InChI=1S/C17H10ClNO3S2/c18-12-6-4-11(5-7-12)16(21)22-13-3-1-2-10(8-13)9-14-15(20)19-17(23)24-14/h1-9H,(H,19,20,23)/b14-9-. The van der Waals surface area contributed by atoms with Crippen LogP contribution in [0.15, 0.2) is 53.4 Å². The molecule has 1 N–H and O–H groups in total. The topological polar surface area (TPSA) is 55.4 Å². The van der Waals surface area contributed by atoms with Gasteiger partial charge in [-0.1, -0.05) is 47.7 Å². The first-order valence-electron chi connectivity index (χ1n) is 6.84. The lowest BCUT2D eigenvalue weighted by Gasteiger charge is -2.05. The molecule has 1 aliphatic rings. The fraction of sp³-hybridized carbons (Fsp3) is 0. The second-order valence-corrected chi connectivity index (χ2v) is 6.98. The number of carbonyl (C=O) groups excluding carboxylic acids is 2. The van der Waals surface area contributed by atoms with Crippen LogP contribution in [0.25, 0.3) is 6.08 Å². The van der Waals surface area contributed by atoms with Crippen molar-refractivity contribution in [2.45, 2.75) is 0 Å². The normalized spacial score (nSPS) is 15.5. The molecule has 4 nitrogen and oxygen atoms in total. The molecular formula is C17H10ClNO3S2. The van der Waals surface area contributed by atoms with E-state index in [1.807, 2.05) is 6.07 Å². The summed E-state index contributed by atoms with van der Waals surface area (Å²) in [6, 6.07) is 13.3. The molecule has 0 saturated carbocycles. The van der Waals surface area contributed by atoms with E-state index in [1.165, 1.54) is 11.8 Å². The maximum Gasteiger partial charge on any atom is 0.343 e. The van der Waals surface area contributed by atoms with Crippen LogP contribution >= 0.6 is 35.6 Å². The number of nitrogens with one attached hydrogen (secondary N) is 1. The number of halogens is 1. The Bertz CT molecular complexity index is 862. The number of esters is 1. The molecule has 1 fully saturated rings. The fourth-order valence-corrected chi connectivity index (χ4v) is 3.16. The van der Waals surface area contributed by atoms with E-state index in [2.05, 4.69) is 5.32 Å². The summed E-state index contributed by atoms with van der Waals surface area (Å²) in [6.45, 7) is 0. The van der Waals surface area contributed by atoms with E-state index in [-0.39, 0.29) is 5.91 Å². The average Bonchev–Trinajstić information content (AvgIpc) is 2.86. The summed E-state index contributed by atoms with van der Waals surface area (Å²) < 4.78 is 5.78. The zero-order valence-corrected chi connectivity index (χ0v) is 14.5. The zero-order valence-electron chi connectivity index (χ0n) is 12.1. The first kappa shape index (κ1) is 16.7. The maximum absolute atomic E-state index is 12.1. The monoisotopic (exact) mass is 375 g/mol. The molecule has 0 atom stereocenters. The molecule has 2 aromatic carbocycles. The number of carbonyl (C=O) groups is 2. The Kier molecular flexibility index (Phi) is 4.99. The first-order valence-corrected chi connectivity index (χ1v) is 8.44. The molecule has 0 aromatic heterocycles. The highest BCUT2D eigenvalue weighted by Crippen LogP contribution is 2.27. The van der Waals surface area contributed by atoms with E-state index < -0.39 is 5.97 Å². The highest BCUT2D eigenvalue weighted by molar-refractivity contribution is 8.26. The lowest BCUT2D eigenvalue weighted by Crippen LogP contribution is -2.17. The van der Waals surface area contributed by atoms with Crippen LogP contribution in [0.3, 0.4) is 0 Å². The van der Waals surface area contributed by atoms with Gasteiger partial charge >= 0.3 is 5.97 Å². The Hall–Kier alpha value is -2.15. The Labute approximate surface area is 152 Å². The molecule has 24 heavy (non-hydrogen) atoms. The van der Waals surface area contributed by atoms with Crippen molar-refractivity contribution >= 4 is 57.9 Å². The molecule has 1 heterocycles. The van der Waals surface area contributed by atoms with Crippen LogP contribution in [-0.2, 0) is 4.79 Å². The summed E-state index contributed by atoms with van der Waals surface area (Å²) in [7, 11) is 0. The molecule has 1 saturated heterocycles. The number of amides is 1. The molecule has 1 amide bonds. The second-order valence-electron chi connectivity index (χ2n) is 4.82. The average molecular weight is 376 g/mol. The predicted octanol–water partition coefficient (Wildman–Crippen LogP) is 4.05. The summed E-state index contributed by atoms with van der Waals surface area (Å²) in [5, 5.41) is 3.10. The van der Waals surface area contributed by atoms with Gasteiger partial charge in [-0.3, -0.25) is 4.79 Å². The van der Waals surface area contributed by atoms with Crippen LogP contribution in [0.4, 0.5) is 0 Å². The number of thioether (sulfide) groups is 1. The first-order chi connectivity index (χ1) is 11.5. The van der Waals surface area contributed by atoms with Crippen LogP contribution in [0.2, 0.25) is 5.02 Å². The number of ether oxygens (including phenoxy) is 1. The van der Waals surface area contributed by atoms with Crippen molar-refractivity contribution in [2.75, 3.05) is 0 Å². The number of benzene rings is 2. The lowest BCUT2D eigenvalue weighted by molar-refractivity contribution is -0.115. The molecule has 2 aromatic rings. The van der Waals surface area contributed by atoms with Gasteiger partial charge in [0, 0.05) is 5.02 Å². The summed E-state index contributed by atoms with van der Waals surface area (Å²) in [5.74, 6) is -0.325. The van der Waals surface area contributed by atoms with E-state index in [4.69, 9.17) is 28.6 Å². The van der Waals surface area contributed by atoms with E-state index >= 15 is 0 Å². The van der Waals surface area contributed by atoms with Gasteiger partial charge in [-0.15, -0.1) is 0 Å². The van der Waals surface area contributed by atoms with Gasteiger partial charge in [0.2, 0.25) is 0 Å². The van der Waals surface area contributed by atoms with Crippen LogP contribution in [-0.4, -0.2) is 16.2 Å². The van der Waals surface area contributed by atoms with E-state index in [0.717, 1.165) is 5.56 Å². The Morgan fingerprint density at radius 3 is 2.62 bits per heavy atom. The van der Waals surface area contributed by atoms with E-state index in [0.29, 0.717) is 25.6 Å². The van der Waals surface area contributed by atoms with Gasteiger partial charge in [-0.2, -0.15) is 0 Å². The third kappa shape index (κ3) is 4.03. The minimum absolute atomic E-state index is 0.228.